The summed E-state index contributed by atoms with van der Waals surface area (Å²) in [7, 11) is 0. The van der Waals surface area contributed by atoms with Crippen molar-refractivity contribution in [3.63, 3.8) is 0 Å². The first kappa shape index (κ1) is 18.2. The van der Waals surface area contributed by atoms with Crippen LogP contribution in [0.15, 0.2) is 48.8 Å². The molecule has 0 aliphatic carbocycles. The van der Waals surface area contributed by atoms with Gasteiger partial charge in [-0.3, -0.25) is 9.78 Å². The van der Waals surface area contributed by atoms with E-state index in [9.17, 15) is 14.0 Å². The lowest BCUT2D eigenvalue weighted by Gasteiger charge is -2.05. The number of aromatic nitrogens is 4. The van der Waals surface area contributed by atoms with E-state index in [4.69, 9.17) is 4.74 Å². The van der Waals surface area contributed by atoms with Crippen molar-refractivity contribution in [3.05, 3.63) is 71.8 Å². The Morgan fingerprint density at radius 2 is 1.85 bits per heavy atom. The average Bonchev–Trinajstić information content (AvgIpc) is 3.08. The van der Waals surface area contributed by atoms with Crippen LogP contribution < -0.4 is 5.32 Å². The number of esters is 1. The SMILES string of the molecule is Cc1nc(C(=O)OCCNC(=O)c2ccncc2)nn1-c1ccc(F)cc1. The van der Waals surface area contributed by atoms with Gasteiger partial charge in [0.2, 0.25) is 0 Å². The number of benzene rings is 1. The van der Waals surface area contributed by atoms with Gasteiger partial charge in [-0.15, -0.1) is 5.10 Å². The van der Waals surface area contributed by atoms with Crippen LogP contribution in [-0.4, -0.2) is 44.8 Å². The maximum atomic E-state index is 13.0. The summed E-state index contributed by atoms with van der Waals surface area (Å²) in [6.07, 6.45) is 3.03. The second-order valence-corrected chi connectivity index (χ2v) is 5.50. The molecule has 3 aromatic rings. The van der Waals surface area contributed by atoms with Gasteiger partial charge in [0.05, 0.1) is 12.2 Å². The molecule has 2 heterocycles. The highest BCUT2D eigenvalue weighted by Gasteiger charge is 2.16. The van der Waals surface area contributed by atoms with Gasteiger partial charge in [0, 0.05) is 18.0 Å². The van der Waals surface area contributed by atoms with E-state index in [0.717, 1.165) is 0 Å². The first-order valence-corrected chi connectivity index (χ1v) is 8.09. The fourth-order valence-electron chi connectivity index (χ4n) is 2.28. The van der Waals surface area contributed by atoms with Crippen LogP contribution in [0.3, 0.4) is 0 Å². The zero-order valence-corrected chi connectivity index (χ0v) is 14.4. The van der Waals surface area contributed by atoms with Crippen LogP contribution in [0.5, 0.6) is 0 Å². The van der Waals surface area contributed by atoms with Crippen LogP contribution in [-0.2, 0) is 4.74 Å². The van der Waals surface area contributed by atoms with Crippen LogP contribution in [0.4, 0.5) is 4.39 Å². The summed E-state index contributed by atoms with van der Waals surface area (Å²) in [6, 6.07) is 8.80. The van der Waals surface area contributed by atoms with Gasteiger partial charge in [-0.2, -0.15) is 0 Å². The molecular formula is C18H16FN5O3. The molecule has 1 N–H and O–H groups in total. The molecule has 0 aliphatic heterocycles. The largest absolute Gasteiger partial charge is 0.458 e. The van der Waals surface area contributed by atoms with E-state index >= 15 is 0 Å². The number of amides is 1. The summed E-state index contributed by atoms with van der Waals surface area (Å²) in [4.78, 5) is 31.8. The molecule has 0 saturated carbocycles. The number of pyridine rings is 1. The van der Waals surface area contributed by atoms with Gasteiger partial charge in [0.15, 0.2) is 0 Å². The minimum Gasteiger partial charge on any atom is -0.458 e. The molecule has 0 bridgehead atoms. The average molecular weight is 369 g/mol. The van der Waals surface area contributed by atoms with E-state index in [1.54, 1.807) is 19.1 Å². The van der Waals surface area contributed by atoms with Gasteiger partial charge in [-0.1, -0.05) is 0 Å². The van der Waals surface area contributed by atoms with Crippen LogP contribution in [0.1, 0.15) is 26.8 Å². The highest BCUT2D eigenvalue weighted by Crippen LogP contribution is 2.11. The number of carbonyl (C=O) groups excluding carboxylic acids is 2. The van der Waals surface area contributed by atoms with Gasteiger partial charge < -0.3 is 10.1 Å². The van der Waals surface area contributed by atoms with Crippen molar-refractivity contribution in [2.24, 2.45) is 0 Å². The van der Waals surface area contributed by atoms with Crippen molar-refractivity contribution >= 4 is 11.9 Å². The molecule has 1 aromatic carbocycles. The number of halogens is 1. The zero-order valence-electron chi connectivity index (χ0n) is 14.4. The first-order chi connectivity index (χ1) is 13.0. The smallest absolute Gasteiger partial charge is 0.378 e. The molecule has 2 aromatic heterocycles. The molecule has 8 nitrogen and oxygen atoms in total. The van der Waals surface area contributed by atoms with Crippen molar-refractivity contribution in [2.45, 2.75) is 6.92 Å². The van der Waals surface area contributed by atoms with Crippen LogP contribution in [0.25, 0.3) is 5.69 Å². The third-order valence-electron chi connectivity index (χ3n) is 3.59. The van der Waals surface area contributed by atoms with Crippen molar-refractivity contribution in [2.75, 3.05) is 13.2 Å². The fourth-order valence-corrected chi connectivity index (χ4v) is 2.28. The van der Waals surface area contributed by atoms with Crippen molar-refractivity contribution < 1.29 is 18.7 Å². The zero-order chi connectivity index (χ0) is 19.2. The lowest BCUT2D eigenvalue weighted by atomic mass is 10.2. The summed E-state index contributed by atoms with van der Waals surface area (Å²) < 4.78 is 19.5. The van der Waals surface area contributed by atoms with E-state index in [2.05, 4.69) is 20.4 Å². The predicted octanol–water partition coefficient (Wildman–Crippen LogP) is 1.70. The van der Waals surface area contributed by atoms with E-state index < -0.39 is 5.97 Å². The maximum absolute atomic E-state index is 13.0. The van der Waals surface area contributed by atoms with Gasteiger partial charge in [0.25, 0.3) is 11.7 Å². The minimum absolute atomic E-state index is 0.0280. The Bertz CT molecular complexity index is 941. The number of nitrogens with one attached hydrogen (secondary N) is 1. The number of rotatable bonds is 6. The number of hydrogen-bond acceptors (Lipinski definition) is 6. The summed E-state index contributed by atoms with van der Waals surface area (Å²) in [6.45, 7) is 1.78. The monoisotopic (exact) mass is 369 g/mol. The molecule has 1 amide bonds. The first-order valence-electron chi connectivity index (χ1n) is 8.09. The lowest BCUT2D eigenvalue weighted by Crippen LogP contribution is -2.28. The Hall–Kier alpha value is -3.62. The fraction of sp³-hybridized carbons (Fsp3) is 0.167. The molecule has 0 radical (unpaired) electrons. The molecule has 27 heavy (non-hydrogen) atoms. The van der Waals surface area contributed by atoms with E-state index in [1.165, 1.54) is 41.3 Å². The quantitative estimate of drug-likeness (QED) is 0.524. The lowest BCUT2D eigenvalue weighted by molar-refractivity contribution is 0.0489. The Labute approximate surface area is 154 Å². The second kappa shape index (κ2) is 8.17. The highest BCUT2D eigenvalue weighted by molar-refractivity contribution is 5.94. The molecule has 0 aliphatic rings. The minimum atomic E-state index is -0.711. The summed E-state index contributed by atoms with van der Waals surface area (Å²) in [5, 5.41) is 6.71. The van der Waals surface area contributed by atoms with E-state index in [-0.39, 0.29) is 30.7 Å². The van der Waals surface area contributed by atoms with E-state index in [1.807, 2.05) is 0 Å². The third-order valence-corrected chi connectivity index (χ3v) is 3.59. The molecule has 0 saturated heterocycles. The van der Waals surface area contributed by atoms with Crippen LogP contribution >= 0.6 is 0 Å². The normalized spacial score (nSPS) is 10.4. The Morgan fingerprint density at radius 1 is 1.15 bits per heavy atom. The number of carbonyl (C=O) groups is 2. The number of hydrogen-bond donors (Lipinski definition) is 1. The Balaban J connectivity index is 1.53. The topological polar surface area (TPSA) is 99.0 Å². The molecule has 0 fully saturated rings. The van der Waals surface area contributed by atoms with Crippen LogP contribution in [0.2, 0.25) is 0 Å². The van der Waals surface area contributed by atoms with Crippen molar-refractivity contribution in [3.8, 4) is 5.69 Å². The molecule has 9 heteroatoms. The highest BCUT2D eigenvalue weighted by atomic mass is 19.1. The molecule has 0 spiro atoms. The van der Waals surface area contributed by atoms with Gasteiger partial charge in [0.1, 0.15) is 18.2 Å². The third kappa shape index (κ3) is 4.51. The number of nitrogens with zero attached hydrogens (tertiary/aromatic N) is 4. The van der Waals surface area contributed by atoms with Crippen molar-refractivity contribution in [1.29, 1.82) is 0 Å². The van der Waals surface area contributed by atoms with Crippen LogP contribution in [0, 0.1) is 12.7 Å². The van der Waals surface area contributed by atoms with Gasteiger partial charge in [-0.05, 0) is 43.3 Å². The number of aryl methyl sites for hydroxylation is 1. The van der Waals surface area contributed by atoms with Gasteiger partial charge in [-0.25, -0.2) is 18.9 Å². The van der Waals surface area contributed by atoms with Crippen molar-refractivity contribution in [1.82, 2.24) is 25.1 Å². The molecule has 0 unspecified atom stereocenters. The molecule has 0 atom stereocenters. The Morgan fingerprint density at radius 3 is 2.56 bits per heavy atom. The maximum Gasteiger partial charge on any atom is 0.378 e. The van der Waals surface area contributed by atoms with E-state index in [0.29, 0.717) is 17.1 Å². The standard InChI is InChI=1S/C18H16FN5O3/c1-12-22-16(23-24(12)15-4-2-14(19)3-5-15)18(26)27-11-10-21-17(25)13-6-8-20-9-7-13/h2-9H,10-11H2,1H3,(H,21,25). The molecular weight excluding hydrogens is 353 g/mol. The Kier molecular flexibility index (Phi) is 5.50. The molecule has 138 valence electrons. The second-order valence-electron chi connectivity index (χ2n) is 5.50. The summed E-state index contributed by atoms with van der Waals surface area (Å²) >= 11 is 0. The predicted molar refractivity (Wildman–Crippen MR) is 92.9 cm³/mol. The number of ether oxygens (including phenoxy) is 1. The summed E-state index contributed by atoms with van der Waals surface area (Å²) in [5.74, 6) is -1.03. The van der Waals surface area contributed by atoms with Gasteiger partial charge >= 0.3 is 5.97 Å². The molecule has 3 rings (SSSR count). The summed E-state index contributed by atoms with van der Waals surface area (Å²) in [5.41, 5.74) is 1.04.